The van der Waals surface area contributed by atoms with E-state index >= 15 is 0 Å². The third-order valence-corrected chi connectivity index (χ3v) is 7.07. The van der Waals surface area contributed by atoms with Crippen molar-refractivity contribution in [2.75, 3.05) is 39.5 Å². The first-order valence-electron chi connectivity index (χ1n) is 9.49. The summed E-state index contributed by atoms with van der Waals surface area (Å²) in [6.45, 7) is 1.69. The standard InChI is InChI=1S/C20H21ClN2O6S/c21-17-6-5-15(30(25,26)23-7-9-27-10-8-23)11-16(17)20(24)22-12-14-13-28-18-3-1-2-4-19(18)29-14/h1-6,11,14H,7-10,12-13H2,(H,22,24)/t14-/m0/s1. The molecule has 1 N–H and O–H groups in total. The van der Waals surface area contributed by atoms with Crippen molar-refractivity contribution < 1.29 is 27.4 Å². The Morgan fingerprint density at radius 1 is 1.13 bits per heavy atom. The Hall–Kier alpha value is -2.33. The van der Waals surface area contributed by atoms with Gasteiger partial charge in [0.1, 0.15) is 12.7 Å². The van der Waals surface area contributed by atoms with E-state index in [0.29, 0.717) is 24.7 Å². The number of carbonyl (C=O) groups is 1. The summed E-state index contributed by atoms with van der Waals surface area (Å²) in [5.74, 6) is 0.783. The molecule has 1 saturated heterocycles. The summed E-state index contributed by atoms with van der Waals surface area (Å²) in [6, 6.07) is 11.4. The zero-order chi connectivity index (χ0) is 21.1. The van der Waals surface area contributed by atoms with Gasteiger partial charge in [-0.2, -0.15) is 4.31 Å². The number of carbonyl (C=O) groups excluding carboxylic acids is 1. The maximum Gasteiger partial charge on any atom is 0.252 e. The van der Waals surface area contributed by atoms with Gasteiger partial charge in [-0.3, -0.25) is 4.79 Å². The number of nitrogens with one attached hydrogen (secondary N) is 1. The van der Waals surface area contributed by atoms with Crippen LogP contribution in [0.15, 0.2) is 47.4 Å². The van der Waals surface area contributed by atoms with E-state index in [1.165, 1.54) is 22.5 Å². The van der Waals surface area contributed by atoms with Crippen molar-refractivity contribution in [1.29, 1.82) is 0 Å². The van der Waals surface area contributed by atoms with Gasteiger partial charge in [-0.05, 0) is 30.3 Å². The summed E-state index contributed by atoms with van der Waals surface area (Å²) in [7, 11) is -3.73. The van der Waals surface area contributed by atoms with Crippen LogP contribution < -0.4 is 14.8 Å². The van der Waals surface area contributed by atoms with E-state index in [2.05, 4.69) is 5.32 Å². The Kier molecular flexibility index (Phi) is 6.14. The number of halogens is 1. The van der Waals surface area contributed by atoms with E-state index in [4.69, 9.17) is 25.8 Å². The number of morpholine rings is 1. The number of amides is 1. The predicted molar refractivity (Wildman–Crippen MR) is 110 cm³/mol. The lowest BCUT2D eigenvalue weighted by Gasteiger charge is -2.27. The average Bonchev–Trinajstić information content (AvgIpc) is 2.78. The van der Waals surface area contributed by atoms with Crippen molar-refractivity contribution in [2.45, 2.75) is 11.0 Å². The molecule has 0 bridgehead atoms. The quantitative estimate of drug-likeness (QED) is 0.745. The van der Waals surface area contributed by atoms with Crippen LogP contribution >= 0.6 is 11.6 Å². The van der Waals surface area contributed by atoms with Crippen LogP contribution in [0.1, 0.15) is 10.4 Å². The van der Waals surface area contributed by atoms with Gasteiger partial charge in [-0.1, -0.05) is 23.7 Å². The Labute approximate surface area is 179 Å². The number of ether oxygens (including phenoxy) is 3. The molecule has 0 saturated carbocycles. The fourth-order valence-corrected chi connectivity index (χ4v) is 4.88. The van der Waals surface area contributed by atoms with Crippen LogP contribution in [0.2, 0.25) is 5.02 Å². The van der Waals surface area contributed by atoms with E-state index in [9.17, 15) is 13.2 Å². The van der Waals surface area contributed by atoms with Crippen LogP contribution in [0.5, 0.6) is 11.5 Å². The lowest BCUT2D eigenvalue weighted by molar-refractivity contribution is 0.0730. The third-order valence-electron chi connectivity index (χ3n) is 4.85. The molecule has 0 radical (unpaired) electrons. The largest absolute Gasteiger partial charge is 0.486 e. The van der Waals surface area contributed by atoms with Gasteiger partial charge >= 0.3 is 0 Å². The lowest BCUT2D eigenvalue weighted by atomic mass is 10.2. The van der Waals surface area contributed by atoms with Crippen LogP contribution in [-0.2, 0) is 14.8 Å². The molecule has 2 aliphatic heterocycles. The maximum absolute atomic E-state index is 12.9. The van der Waals surface area contributed by atoms with Crippen LogP contribution in [-0.4, -0.2) is 64.2 Å². The highest BCUT2D eigenvalue weighted by atomic mass is 35.5. The molecular formula is C20H21ClN2O6S. The number of sulfonamides is 1. The first kappa shape index (κ1) is 20.9. The average molecular weight is 453 g/mol. The second-order valence-electron chi connectivity index (χ2n) is 6.87. The second-order valence-corrected chi connectivity index (χ2v) is 9.21. The molecule has 0 aliphatic carbocycles. The highest BCUT2D eigenvalue weighted by molar-refractivity contribution is 7.89. The summed E-state index contributed by atoms with van der Waals surface area (Å²) in [4.78, 5) is 12.7. The molecule has 0 spiro atoms. The van der Waals surface area contributed by atoms with E-state index in [-0.39, 0.29) is 47.8 Å². The molecule has 10 heteroatoms. The molecule has 2 heterocycles. The zero-order valence-electron chi connectivity index (χ0n) is 16.0. The molecule has 160 valence electrons. The number of benzene rings is 2. The van der Waals surface area contributed by atoms with E-state index in [1.807, 2.05) is 18.2 Å². The minimum absolute atomic E-state index is 0.0186. The van der Waals surface area contributed by atoms with Gasteiger partial charge in [0, 0.05) is 13.1 Å². The van der Waals surface area contributed by atoms with E-state index in [1.54, 1.807) is 6.07 Å². The molecule has 8 nitrogen and oxygen atoms in total. The van der Waals surface area contributed by atoms with E-state index in [0.717, 1.165) is 0 Å². The van der Waals surface area contributed by atoms with Gasteiger partial charge in [-0.25, -0.2) is 8.42 Å². The van der Waals surface area contributed by atoms with Crippen LogP contribution in [0.4, 0.5) is 0 Å². The van der Waals surface area contributed by atoms with Crippen LogP contribution in [0, 0.1) is 0 Å². The monoisotopic (exact) mass is 452 g/mol. The van der Waals surface area contributed by atoms with Crippen LogP contribution in [0.25, 0.3) is 0 Å². The fourth-order valence-electron chi connectivity index (χ4n) is 3.24. The lowest BCUT2D eigenvalue weighted by Crippen LogP contribution is -2.41. The van der Waals surface area contributed by atoms with Gasteiger partial charge in [0.05, 0.1) is 35.2 Å². The number of rotatable bonds is 5. The fraction of sp³-hybridized carbons (Fsp3) is 0.350. The summed E-state index contributed by atoms with van der Waals surface area (Å²) < 4.78 is 43.7. The molecule has 4 rings (SSSR count). The minimum Gasteiger partial charge on any atom is -0.486 e. The molecule has 30 heavy (non-hydrogen) atoms. The number of para-hydroxylation sites is 2. The molecular weight excluding hydrogens is 432 g/mol. The Balaban J connectivity index is 1.45. The second kappa shape index (κ2) is 8.81. The minimum atomic E-state index is -3.73. The van der Waals surface area contributed by atoms with Gasteiger partial charge in [0.2, 0.25) is 10.0 Å². The molecule has 1 atom stereocenters. The van der Waals surface area contributed by atoms with Crippen molar-refractivity contribution in [3.05, 3.63) is 53.1 Å². The topological polar surface area (TPSA) is 94.2 Å². The Morgan fingerprint density at radius 3 is 2.63 bits per heavy atom. The molecule has 2 aliphatic rings. The molecule has 1 fully saturated rings. The van der Waals surface area contributed by atoms with Crippen molar-refractivity contribution in [3.63, 3.8) is 0 Å². The Bertz CT molecular complexity index is 1040. The SMILES string of the molecule is O=C(NC[C@H]1COc2ccccc2O1)c1cc(S(=O)(=O)N2CCOCC2)ccc1Cl. The van der Waals surface area contributed by atoms with Gasteiger partial charge in [0.15, 0.2) is 11.5 Å². The number of nitrogens with zero attached hydrogens (tertiary/aromatic N) is 1. The van der Waals surface area contributed by atoms with Gasteiger partial charge < -0.3 is 19.5 Å². The highest BCUT2D eigenvalue weighted by Gasteiger charge is 2.28. The summed E-state index contributed by atoms with van der Waals surface area (Å²) in [5, 5.41) is 2.91. The molecule has 2 aromatic rings. The van der Waals surface area contributed by atoms with Crippen molar-refractivity contribution in [3.8, 4) is 11.5 Å². The molecule has 0 aromatic heterocycles. The molecule has 1 amide bonds. The normalized spacial score (nSPS) is 19.3. The summed E-state index contributed by atoms with van der Waals surface area (Å²) >= 11 is 6.17. The number of hydrogen-bond acceptors (Lipinski definition) is 6. The molecule has 2 aromatic carbocycles. The summed E-state index contributed by atoms with van der Waals surface area (Å²) in [5.41, 5.74) is 0.0862. The van der Waals surface area contributed by atoms with Crippen LogP contribution in [0.3, 0.4) is 0 Å². The smallest absolute Gasteiger partial charge is 0.252 e. The van der Waals surface area contributed by atoms with E-state index < -0.39 is 15.9 Å². The first-order chi connectivity index (χ1) is 14.4. The highest BCUT2D eigenvalue weighted by Crippen LogP contribution is 2.30. The van der Waals surface area contributed by atoms with Crippen molar-refractivity contribution >= 4 is 27.5 Å². The zero-order valence-corrected chi connectivity index (χ0v) is 17.6. The van der Waals surface area contributed by atoms with Gasteiger partial charge in [-0.15, -0.1) is 0 Å². The first-order valence-corrected chi connectivity index (χ1v) is 11.3. The van der Waals surface area contributed by atoms with Crippen molar-refractivity contribution in [2.24, 2.45) is 0 Å². The number of fused-ring (bicyclic) bond motifs is 1. The Morgan fingerprint density at radius 2 is 1.87 bits per heavy atom. The third kappa shape index (κ3) is 4.39. The summed E-state index contributed by atoms with van der Waals surface area (Å²) in [6.07, 6.45) is -0.372. The maximum atomic E-state index is 12.9. The predicted octanol–water partition coefficient (Wildman–Crippen LogP) is 1.93. The molecule has 0 unspecified atom stereocenters. The van der Waals surface area contributed by atoms with Gasteiger partial charge in [0.25, 0.3) is 5.91 Å². The number of hydrogen-bond donors (Lipinski definition) is 1. The van der Waals surface area contributed by atoms with Crippen molar-refractivity contribution in [1.82, 2.24) is 9.62 Å².